The van der Waals surface area contributed by atoms with Crippen molar-refractivity contribution in [2.24, 2.45) is 4.99 Å². The number of aliphatic imine (C=N–C) groups is 1. The summed E-state index contributed by atoms with van der Waals surface area (Å²) in [4.78, 5) is 10.5. The van der Waals surface area contributed by atoms with Gasteiger partial charge in [0.2, 0.25) is 0 Å². The maximum absolute atomic E-state index is 13.4. The number of fused-ring (bicyclic) bond motifs is 1. The van der Waals surface area contributed by atoms with E-state index in [-0.39, 0.29) is 15.9 Å². The molecule has 3 heterocycles. The van der Waals surface area contributed by atoms with Crippen LogP contribution in [0, 0.1) is 0 Å². The Labute approximate surface area is 152 Å². The van der Waals surface area contributed by atoms with Crippen molar-refractivity contribution in [3.63, 3.8) is 0 Å². The molecule has 0 spiro atoms. The Balaban J connectivity index is 2.42. The van der Waals surface area contributed by atoms with Gasteiger partial charge < -0.3 is 0 Å². The predicted molar refractivity (Wildman–Crippen MR) is 85.8 cm³/mol. The summed E-state index contributed by atoms with van der Waals surface area (Å²) in [7, 11) is 0. The van der Waals surface area contributed by atoms with E-state index in [4.69, 9.17) is 23.2 Å². The lowest BCUT2D eigenvalue weighted by atomic mass is 10.2. The maximum atomic E-state index is 13.4. The van der Waals surface area contributed by atoms with Crippen LogP contribution in [0.4, 0.5) is 27.8 Å². The van der Waals surface area contributed by atoms with Gasteiger partial charge in [0.1, 0.15) is 5.69 Å². The second-order valence-corrected chi connectivity index (χ2v) is 5.78. The van der Waals surface area contributed by atoms with Gasteiger partial charge in [-0.1, -0.05) is 23.2 Å². The monoisotopic (exact) mass is 409 g/mol. The molecule has 0 aliphatic rings. The number of aromatic nitrogens is 4. The summed E-state index contributed by atoms with van der Waals surface area (Å²) in [6.45, 7) is 3.22. The SMILES string of the molecule is C=Nc1c2c(C(F)(F)F)nc(C(F)F)cc2nn1-c1ncc(Cl)cc1Cl. The molecule has 0 saturated heterocycles. The standard InChI is InChI=1S/C14H6Cl2F5N5/c1-22-13-9-7(3-8(11(17)18)24-10(9)14(19,20)21)25-26(13)12-6(16)2-5(15)4-23-12/h2-4,11H,1H2. The van der Waals surface area contributed by atoms with Crippen LogP contribution in [0.3, 0.4) is 0 Å². The highest BCUT2D eigenvalue weighted by atomic mass is 35.5. The van der Waals surface area contributed by atoms with E-state index >= 15 is 0 Å². The molecule has 3 aromatic heterocycles. The minimum atomic E-state index is -5.02. The van der Waals surface area contributed by atoms with Crippen LogP contribution in [-0.4, -0.2) is 26.5 Å². The lowest BCUT2D eigenvalue weighted by Crippen LogP contribution is -2.10. The first-order valence-electron chi connectivity index (χ1n) is 6.70. The second-order valence-electron chi connectivity index (χ2n) is 4.94. The van der Waals surface area contributed by atoms with Gasteiger partial charge in [0.15, 0.2) is 17.3 Å². The van der Waals surface area contributed by atoms with Gasteiger partial charge in [0, 0.05) is 6.20 Å². The highest BCUT2D eigenvalue weighted by Crippen LogP contribution is 2.40. The van der Waals surface area contributed by atoms with Gasteiger partial charge in [-0.2, -0.15) is 23.0 Å². The molecule has 3 aromatic rings. The fourth-order valence-corrected chi connectivity index (χ4v) is 2.75. The van der Waals surface area contributed by atoms with Gasteiger partial charge in [-0.15, -0.1) is 0 Å². The molecule has 26 heavy (non-hydrogen) atoms. The van der Waals surface area contributed by atoms with Gasteiger partial charge in [-0.25, -0.2) is 23.7 Å². The number of alkyl halides is 5. The van der Waals surface area contributed by atoms with E-state index in [2.05, 4.69) is 26.8 Å². The summed E-state index contributed by atoms with van der Waals surface area (Å²) in [5.41, 5.74) is -3.03. The van der Waals surface area contributed by atoms with E-state index in [1.807, 2.05) is 0 Å². The number of hydrogen-bond acceptors (Lipinski definition) is 4. The van der Waals surface area contributed by atoms with Crippen LogP contribution >= 0.6 is 23.2 Å². The Bertz CT molecular complexity index is 1020. The Morgan fingerprint density at radius 3 is 2.42 bits per heavy atom. The third-order valence-corrected chi connectivity index (χ3v) is 3.77. The average molecular weight is 410 g/mol. The molecule has 0 aliphatic heterocycles. The maximum Gasteiger partial charge on any atom is 0.434 e. The molecule has 3 rings (SSSR count). The number of pyridine rings is 2. The van der Waals surface area contributed by atoms with Crippen molar-refractivity contribution in [3.05, 3.63) is 39.8 Å². The Hall–Kier alpha value is -2.33. The molecule has 0 radical (unpaired) electrons. The number of hydrogen-bond donors (Lipinski definition) is 0. The van der Waals surface area contributed by atoms with Crippen LogP contribution in [0.2, 0.25) is 10.0 Å². The molecule has 0 atom stereocenters. The van der Waals surface area contributed by atoms with Crippen LogP contribution in [-0.2, 0) is 6.18 Å². The molecule has 0 unspecified atom stereocenters. The highest BCUT2D eigenvalue weighted by Gasteiger charge is 2.38. The van der Waals surface area contributed by atoms with E-state index in [0.29, 0.717) is 0 Å². The Morgan fingerprint density at radius 1 is 1.19 bits per heavy atom. The van der Waals surface area contributed by atoms with Crippen molar-refractivity contribution in [3.8, 4) is 5.82 Å². The molecule has 12 heteroatoms. The van der Waals surface area contributed by atoms with Crippen LogP contribution < -0.4 is 0 Å². The highest BCUT2D eigenvalue weighted by molar-refractivity contribution is 6.35. The van der Waals surface area contributed by atoms with Crippen molar-refractivity contribution in [1.82, 2.24) is 19.7 Å². The fraction of sp³-hybridized carbons (Fsp3) is 0.143. The van der Waals surface area contributed by atoms with Crippen molar-refractivity contribution >= 4 is 46.6 Å². The largest absolute Gasteiger partial charge is 0.434 e. The van der Waals surface area contributed by atoms with Crippen molar-refractivity contribution in [2.45, 2.75) is 12.6 Å². The van der Waals surface area contributed by atoms with Crippen LogP contribution in [0.15, 0.2) is 23.3 Å². The fourth-order valence-electron chi connectivity index (χ4n) is 2.28. The van der Waals surface area contributed by atoms with E-state index < -0.39 is 40.7 Å². The van der Waals surface area contributed by atoms with Gasteiger partial charge in [-0.05, 0) is 18.9 Å². The predicted octanol–water partition coefficient (Wildman–Crippen LogP) is 5.41. The summed E-state index contributed by atoms with van der Waals surface area (Å²) in [5.74, 6) is -0.487. The van der Waals surface area contributed by atoms with Crippen molar-refractivity contribution in [2.75, 3.05) is 0 Å². The summed E-state index contributed by atoms with van der Waals surface area (Å²) in [5, 5.41) is 3.43. The second kappa shape index (κ2) is 6.44. The summed E-state index contributed by atoms with van der Waals surface area (Å²) in [6, 6.07) is 2.03. The Morgan fingerprint density at radius 2 is 1.88 bits per heavy atom. The minimum absolute atomic E-state index is 0.0363. The third kappa shape index (κ3) is 3.10. The summed E-state index contributed by atoms with van der Waals surface area (Å²) >= 11 is 11.7. The topological polar surface area (TPSA) is 56.0 Å². The molecule has 0 saturated carbocycles. The smallest absolute Gasteiger partial charge is 0.244 e. The molecule has 0 bridgehead atoms. The molecule has 5 nitrogen and oxygen atoms in total. The van der Waals surface area contributed by atoms with E-state index in [1.165, 1.54) is 12.3 Å². The van der Waals surface area contributed by atoms with E-state index in [0.717, 1.165) is 10.7 Å². The van der Waals surface area contributed by atoms with Crippen molar-refractivity contribution in [1.29, 1.82) is 0 Å². The number of halogens is 7. The Kier molecular flexibility index (Phi) is 4.57. The average Bonchev–Trinajstić information content (AvgIpc) is 2.90. The van der Waals surface area contributed by atoms with Gasteiger partial charge in [-0.3, -0.25) is 0 Å². The third-order valence-electron chi connectivity index (χ3n) is 3.28. The lowest BCUT2D eigenvalue weighted by molar-refractivity contribution is -0.140. The minimum Gasteiger partial charge on any atom is -0.244 e. The first-order chi connectivity index (χ1) is 12.1. The van der Waals surface area contributed by atoms with Crippen LogP contribution in [0.1, 0.15) is 17.8 Å². The number of nitrogens with zero attached hydrogens (tertiary/aromatic N) is 5. The molecule has 0 aliphatic carbocycles. The number of rotatable bonds is 3. The zero-order valence-electron chi connectivity index (χ0n) is 12.4. The zero-order chi connectivity index (χ0) is 19.2. The normalized spacial score (nSPS) is 12.2. The van der Waals surface area contributed by atoms with Crippen LogP contribution in [0.5, 0.6) is 0 Å². The van der Waals surface area contributed by atoms with Crippen molar-refractivity contribution < 1.29 is 22.0 Å². The quantitative estimate of drug-likeness (QED) is 0.429. The molecule has 136 valence electrons. The molecule has 0 aromatic carbocycles. The van der Waals surface area contributed by atoms with Crippen LogP contribution in [0.25, 0.3) is 16.7 Å². The van der Waals surface area contributed by atoms with Gasteiger partial charge in [0.25, 0.3) is 6.43 Å². The molecular weight excluding hydrogens is 404 g/mol. The van der Waals surface area contributed by atoms with Gasteiger partial charge >= 0.3 is 6.18 Å². The zero-order valence-corrected chi connectivity index (χ0v) is 13.9. The molecule has 0 amide bonds. The molecular formula is C14H6Cl2F5N5. The molecule has 0 fully saturated rings. The van der Waals surface area contributed by atoms with E-state index in [1.54, 1.807) is 0 Å². The first kappa shape index (κ1) is 18.5. The van der Waals surface area contributed by atoms with Gasteiger partial charge in [0.05, 0.1) is 20.9 Å². The first-order valence-corrected chi connectivity index (χ1v) is 7.46. The molecule has 0 N–H and O–H groups in total. The van der Waals surface area contributed by atoms with E-state index in [9.17, 15) is 22.0 Å². The summed E-state index contributed by atoms with van der Waals surface area (Å²) < 4.78 is 66.8. The summed E-state index contributed by atoms with van der Waals surface area (Å²) in [6.07, 6.45) is -7.05. The lowest BCUT2D eigenvalue weighted by Gasteiger charge is -2.09.